The molecule has 4 rings (SSSR count). The van der Waals surface area contributed by atoms with E-state index in [1.807, 2.05) is 19.1 Å². The zero-order valence-corrected chi connectivity index (χ0v) is 18.0. The molecule has 2 aromatic heterocycles. The van der Waals surface area contributed by atoms with Crippen LogP contribution >= 0.6 is 11.6 Å². The Morgan fingerprint density at radius 2 is 2.00 bits per heavy atom. The first-order valence-electron chi connectivity index (χ1n) is 10.3. The number of benzene rings is 1. The summed E-state index contributed by atoms with van der Waals surface area (Å²) in [7, 11) is 0. The Labute approximate surface area is 186 Å². The van der Waals surface area contributed by atoms with Gasteiger partial charge >= 0.3 is 0 Å². The van der Waals surface area contributed by atoms with Gasteiger partial charge < -0.3 is 10.5 Å². The van der Waals surface area contributed by atoms with Gasteiger partial charge in [0.2, 0.25) is 11.8 Å². The number of rotatable bonds is 6. The van der Waals surface area contributed by atoms with E-state index in [0.29, 0.717) is 28.8 Å². The van der Waals surface area contributed by atoms with E-state index >= 15 is 0 Å². The highest BCUT2D eigenvalue weighted by molar-refractivity contribution is 6.30. The first-order valence-corrected chi connectivity index (χ1v) is 10.6. The molecule has 3 heterocycles. The highest BCUT2D eigenvalue weighted by Gasteiger charge is 2.27. The number of halogens is 1. The number of ether oxygens (including phenoxy) is 1. The quantitative estimate of drug-likeness (QED) is 0.612. The molecule has 0 saturated carbocycles. The van der Waals surface area contributed by atoms with Crippen molar-refractivity contribution in [3.05, 3.63) is 76.5 Å². The molecule has 1 aliphatic heterocycles. The topological polar surface area (TPSA) is 94.2 Å². The lowest BCUT2D eigenvalue weighted by Gasteiger charge is -2.34. The van der Waals surface area contributed by atoms with Crippen LogP contribution in [0.1, 0.15) is 52.9 Å². The summed E-state index contributed by atoms with van der Waals surface area (Å²) in [6.45, 7) is 3.60. The molecule has 1 saturated heterocycles. The largest absolute Gasteiger partial charge is 0.439 e. The fourth-order valence-corrected chi connectivity index (χ4v) is 3.86. The summed E-state index contributed by atoms with van der Waals surface area (Å²) >= 11 is 5.97. The second-order valence-corrected chi connectivity index (χ2v) is 8.08. The number of likely N-dealkylation sites (tertiary alicyclic amines) is 1. The Hall–Kier alpha value is -3.03. The van der Waals surface area contributed by atoms with Crippen LogP contribution in [0, 0.1) is 6.92 Å². The van der Waals surface area contributed by atoms with Crippen LogP contribution in [0.5, 0.6) is 11.6 Å². The van der Waals surface area contributed by atoms with Crippen LogP contribution in [0.3, 0.4) is 0 Å². The van der Waals surface area contributed by atoms with E-state index in [9.17, 15) is 4.79 Å². The van der Waals surface area contributed by atoms with Gasteiger partial charge in [0.1, 0.15) is 11.6 Å². The second-order valence-electron chi connectivity index (χ2n) is 7.65. The molecule has 1 unspecified atom stereocenters. The molecule has 8 heteroatoms. The van der Waals surface area contributed by atoms with Crippen molar-refractivity contribution >= 4 is 17.5 Å². The average Bonchev–Trinajstić information content (AvgIpc) is 2.76. The first kappa shape index (κ1) is 21.2. The van der Waals surface area contributed by atoms with Gasteiger partial charge in [-0.15, -0.1) is 0 Å². The molecule has 1 fully saturated rings. The van der Waals surface area contributed by atoms with Crippen LogP contribution in [0.4, 0.5) is 0 Å². The maximum absolute atomic E-state index is 11.3. The molecule has 1 atom stereocenters. The summed E-state index contributed by atoms with van der Waals surface area (Å²) < 4.78 is 5.94. The summed E-state index contributed by atoms with van der Waals surface area (Å²) in [4.78, 5) is 27.5. The number of primary amides is 1. The third-order valence-corrected chi connectivity index (χ3v) is 5.50. The SMILES string of the molecule is Cc1cc(Oc2ccc(C(N)=O)cc2)nc(C2CCCCN2Cc2ccc(Cl)cn2)n1. The Morgan fingerprint density at radius 3 is 2.71 bits per heavy atom. The summed E-state index contributed by atoms with van der Waals surface area (Å²) in [5.74, 6) is 1.33. The van der Waals surface area contributed by atoms with Gasteiger partial charge in [0.25, 0.3) is 0 Å². The van der Waals surface area contributed by atoms with Crippen molar-refractivity contribution in [1.82, 2.24) is 19.9 Å². The molecular formula is C23H24ClN5O2. The lowest BCUT2D eigenvalue weighted by atomic mass is 10.0. The number of piperidine rings is 1. The monoisotopic (exact) mass is 437 g/mol. The van der Waals surface area contributed by atoms with Gasteiger partial charge in [-0.05, 0) is 62.7 Å². The standard InChI is InChI=1S/C23H24ClN5O2/c1-15-12-21(31-19-9-5-16(6-10-19)22(25)30)28-23(27-15)20-4-2-3-11-29(20)14-18-8-7-17(24)13-26-18/h5-10,12-13,20H,2-4,11,14H2,1H3,(H2,25,30). The number of hydrogen-bond acceptors (Lipinski definition) is 6. The van der Waals surface area contributed by atoms with Crippen molar-refractivity contribution in [1.29, 1.82) is 0 Å². The normalized spacial score (nSPS) is 16.8. The van der Waals surface area contributed by atoms with Crippen LogP contribution in [-0.2, 0) is 6.54 Å². The second kappa shape index (κ2) is 9.41. The molecule has 0 radical (unpaired) electrons. The molecular weight excluding hydrogens is 414 g/mol. The van der Waals surface area contributed by atoms with Crippen LogP contribution in [0.15, 0.2) is 48.7 Å². The van der Waals surface area contributed by atoms with Crippen molar-refractivity contribution in [2.45, 2.75) is 38.8 Å². The molecule has 2 N–H and O–H groups in total. The number of nitrogens with zero attached hydrogens (tertiary/aromatic N) is 4. The smallest absolute Gasteiger partial charge is 0.248 e. The van der Waals surface area contributed by atoms with Gasteiger partial charge in [0.15, 0.2) is 0 Å². The van der Waals surface area contributed by atoms with E-state index in [-0.39, 0.29) is 6.04 Å². The van der Waals surface area contributed by atoms with E-state index in [0.717, 1.165) is 43.0 Å². The van der Waals surface area contributed by atoms with Crippen LogP contribution < -0.4 is 10.5 Å². The van der Waals surface area contributed by atoms with Crippen molar-refractivity contribution in [3.8, 4) is 11.6 Å². The van der Waals surface area contributed by atoms with Crippen molar-refractivity contribution in [3.63, 3.8) is 0 Å². The van der Waals surface area contributed by atoms with Gasteiger partial charge in [-0.25, -0.2) is 4.98 Å². The molecule has 31 heavy (non-hydrogen) atoms. The highest BCUT2D eigenvalue weighted by atomic mass is 35.5. The Kier molecular flexibility index (Phi) is 6.44. The number of carbonyl (C=O) groups is 1. The lowest BCUT2D eigenvalue weighted by Crippen LogP contribution is -2.34. The fraction of sp³-hybridized carbons (Fsp3) is 0.304. The Morgan fingerprint density at radius 1 is 1.19 bits per heavy atom. The third kappa shape index (κ3) is 5.37. The van der Waals surface area contributed by atoms with Gasteiger partial charge in [-0.2, -0.15) is 4.98 Å². The van der Waals surface area contributed by atoms with Crippen LogP contribution in [-0.4, -0.2) is 32.3 Å². The van der Waals surface area contributed by atoms with Crippen molar-refractivity contribution < 1.29 is 9.53 Å². The molecule has 0 bridgehead atoms. The summed E-state index contributed by atoms with van der Waals surface area (Å²) in [5, 5.41) is 0.631. The van der Waals surface area contributed by atoms with Crippen molar-refractivity contribution in [2.24, 2.45) is 5.73 Å². The van der Waals surface area contributed by atoms with Crippen molar-refractivity contribution in [2.75, 3.05) is 6.54 Å². The summed E-state index contributed by atoms with van der Waals surface area (Å²) in [6.07, 6.45) is 4.90. The Bertz CT molecular complexity index is 1060. The highest BCUT2D eigenvalue weighted by Crippen LogP contribution is 2.32. The summed E-state index contributed by atoms with van der Waals surface area (Å²) in [5.41, 5.74) is 7.53. The van der Waals surface area contributed by atoms with Gasteiger partial charge in [-0.3, -0.25) is 14.7 Å². The maximum Gasteiger partial charge on any atom is 0.248 e. The van der Waals surface area contributed by atoms with E-state index in [1.165, 1.54) is 0 Å². The molecule has 1 aliphatic rings. The molecule has 1 amide bonds. The zero-order chi connectivity index (χ0) is 21.8. The van der Waals surface area contributed by atoms with Crippen LogP contribution in [0.25, 0.3) is 0 Å². The zero-order valence-electron chi connectivity index (χ0n) is 17.3. The van der Waals surface area contributed by atoms with Crippen LogP contribution in [0.2, 0.25) is 5.02 Å². The predicted octanol–water partition coefficient (Wildman–Crippen LogP) is 4.45. The molecule has 7 nitrogen and oxygen atoms in total. The van der Waals surface area contributed by atoms with Gasteiger partial charge in [0.05, 0.1) is 16.8 Å². The van der Waals surface area contributed by atoms with Gasteiger partial charge in [0, 0.05) is 30.1 Å². The van der Waals surface area contributed by atoms with E-state index in [1.54, 1.807) is 36.5 Å². The number of nitrogens with two attached hydrogens (primary N) is 1. The Balaban J connectivity index is 1.55. The number of amides is 1. The lowest BCUT2D eigenvalue weighted by molar-refractivity contribution is 0.100. The average molecular weight is 438 g/mol. The number of aromatic nitrogens is 3. The minimum Gasteiger partial charge on any atom is -0.439 e. The minimum absolute atomic E-state index is 0.0886. The molecule has 0 aliphatic carbocycles. The fourth-order valence-electron chi connectivity index (χ4n) is 3.75. The first-order chi connectivity index (χ1) is 15.0. The predicted molar refractivity (Wildman–Crippen MR) is 118 cm³/mol. The maximum atomic E-state index is 11.3. The van der Waals surface area contributed by atoms with Gasteiger partial charge in [-0.1, -0.05) is 18.0 Å². The summed E-state index contributed by atoms with van der Waals surface area (Å²) in [6, 6.07) is 12.4. The number of carbonyl (C=O) groups excluding carboxylic acids is 1. The molecule has 1 aromatic carbocycles. The minimum atomic E-state index is -0.473. The van der Waals surface area contributed by atoms with E-state index in [2.05, 4.69) is 9.88 Å². The number of aryl methyl sites for hydroxylation is 1. The molecule has 3 aromatic rings. The van der Waals surface area contributed by atoms with E-state index in [4.69, 9.17) is 32.0 Å². The molecule has 0 spiro atoms. The number of pyridine rings is 1. The third-order valence-electron chi connectivity index (χ3n) is 5.27. The molecule has 160 valence electrons. The van der Waals surface area contributed by atoms with E-state index < -0.39 is 5.91 Å². The number of hydrogen-bond donors (Lipinski definition) is 1.